The van der Waals surface area contributed by atoms with Crippen molar-refractivity contribution in [1.82, 2.24) is 9.97 Å². The second-order valence-corrected chi connectivity index (χ2v) is 5.85. The van der Waals surface area contributed by atoms with Gasteiger partial charge in [-0.25, -0.2) is 13.4 Å². The zero-order valence-corrected chi connectivity index (χ0v) is 11.1. The molecule has 0 aromatic carbocycles. The second-order valence-electron chi connectivity index (χ2n) is 3.49. The highest BCUT2D eigenvalue weighted by Crippen LogP contribution is 2.22. The van der Waals surface area contributed by atoms with Gasteiger partial charge in [0.15, 0.2) is 0 Å². The smallest absolute Gasteiger partial charge is 0.264 e. The molecule has 0 aliphatic carbocycles. The summed E-state index contributed by atoms with van der Waals surface area (Å²) < 4.78 is 25.8. The molecule has 0 saturated carbocycles. The molecule has 2 aromatic heterocycles. The van der Waals surface area contributed by atoms with Gasteiger partial charge in [-0.15, -0.1) is 0 Å². The fourth-order valence-corrected chi connectivity index (χ4v) is 2.84. The number of sulfonamides is 1. The van der Waals surface area contributed by atoms with E-state index in [1.165, 1.54) is 42.1 Å². The third-order valence-corrected chi connectivity index (χ3v) is 4.37. The number of anilines is 1. The summed E-state index contributed by atoms with van der Waals surface area (Å²) in [5, 5.41) is 0.138. The van der Waals surface area contributed by atoms with E-state index in [9.17, 15) is 8.42 Å². The predicted molar refractivity (Wildman–Crippen MR) is 69.1 cm³/mol. The minimum absolute atomic E-state index is 0.0989. The summed E-state index contributed by atoms with van der Waals surface area (Å²) in [5.74, 6) is 0. The van der Waals surface area contributed by atoms with Crippen molar-refractivity contribution in [2.45, 2.75) is 4.90 Å². The molecule has 0 amide bonds. The number of hydrogen-bond donors (Lipinski definition) is 0. The molecular weight excluding hydrogens is 274 g/mol. The highest BCUT2D eigenvalue weighted by atomic mass is 35.5. The number of nitrogens with zero attached hydrogens (tertiary/aromatic N) is 3. The third-order valence-electron chi connectivity index (χ3n) is 2.38. The highest BCUT2D eigenvalue weighted by molar-refractivity contribution is 7.92. The van der Waals surface area contributed by atoms with Crippen molar-refractivity contribution in [3.8, 4) is 0 Å². The predicted octanol–water partition coefficient (Wildman–Crippen LogP) is 1.96. The van der Waals surface area contributed by atoms with Crippen LogP contribution in [0.3, 0.4) is 0 Å². The Morgan fingerprint density at radius 1 is 1.17 bits per heavy atom. The van der Waals surface area contributed by atoms with Crippen LogP contribution in [0, 0.1) is 0 Å². The van der Waals surface area contributed by atoms with E-state index in [1.54, 1.807) is 12.1 Å². The minimum atomic E-state index is -3.63. The largest absolute Gasteiger partial charge is 0.269 e. The first-order chi connectivity index (χ1) is 8.51. The van der Waals surface area contributed by atoms with Crippen LogP contribution in [0.4, 0.5) is 5.69 Å². The van der Waals surface area contributed by atoms with E-state index in [-0.39, 0.29) is 10.0 Å². The average Bonchev–Trinajstić information content (AvgIpc) is 2.39. The van der Waals surface area contributed by atoms with Crippen molar-refractivity contribution in [2.24, 2.45) is 0 Å². The maximum absolute atomic E-state index is 12.3. The van der Waals surface area contributed by atoms with Gasteiger partial charge in [-0.1, -0.05) is 11.6 Å². The maximum atomic E-state index is 12.3. The van der Waals surface area contributed by atoms with Gasteiger partial charge in [0.2, 0.25) is 0 Å². The minimum Gasteiger partial charge on any atom is -0.269 e. The number of halogens is 1. The summed E-state index contributed by atoms with van der Waals surface area (Å²) in [7, 11) is -2.16. The molecular formula is C11H10ClN3O2S. The lowest BCUT2D eigenvalue weighted by Crippen LogP contribution is -2.26. The molecule has 94 valence electrons. The van der Waals surface area contributed by atoms with Crippen LogP contribution in [0.5, 0.6) is 0 Å². The van der Waals surface area contributed by atoms with Crippen molar-refractivity contribution >= 4 is 27.3 Å². The molecule has 0 aliphatic rings. The molecule has 2 rings (SSSR count). The van der Waals surface area contributed by atoms with Crippen LogP contribution in [0.15, 0.2) is 47.8 Å². The van der Waals surface area contributed by atoms with Gasteiger partial charge >= 0.3 is 0 Å². The van der Waals surface area contributed by atoms with Crippen molar-refractivity contribution in [2.75, 3.05) is 11.4 Å². The van der Waals surface area contributed by atoms with Crippen LogP contribution in [0.25, 0.3) is 0 Å². The lowest BCUT2D eigenvalue weighted by Gasteiger charge is -2.19. The van der Waals surface area contributed by atoms with Crippen molar-refractivity contribution < 1.29 is 8.42 Å². The summed E-state index contributed by atoms with van der Waals surface area (Å²) in [4.78, 5) is 7.70. The van der Waals surface area contributed by atoms with E-state index in [0.29, 0.717) is 5.69 Å². The summed E-state index contributed by atoms with van der Waals surface area (Å²) in [6, 6.07) is 5.94. The average molecular weight is 284 g/mol. The molecule has 0 aliphatic heterocycles. The Balaban J connectivity index is 2.44. The monoisotopic (exact) mass is 283 g/mol. The molecule has 0 unspecified atom stereocenters. The van der Waals surface area contributed by atoms with Crippen LogP contribution >= 0.6 is 11.6 Å². The third kappa shape index (κ3) is 2.44. The van der Waals surface area contributed by atoms with Gasteiger partial charge in [0.25, 0.3) is 10.0 Å². The zero-order valence-electron chi connectivity index (χ0n) is 9.49. The van der Waals surface area contributed by atoms with Crippen LogP contribution in [0.2, 0.25) is 5.15 Å². The van der Waals surface area contributed by atoms with E-state index in [1.807, 2.05) is 0 Å². The first kappa shape index (κ1) is 12.8. The molecule has 0 saturated heterocycles. The van der Waals surface area contributed by atoms with Gasteiger partial charge in [-0.05, 0) is 24.3 Å². The van der Waals surface area contributed by atoms with Crippen molar-refractivity contribution in [3.63, 3.8) is 0 Å². The van der Waals surface area contributed by atoms with E-state index >= 15 is 0 Å². The first-order valence-corrected chi connectivity index (χ1v) is 6.84. The Morgan fingerprint density at radius 3 is 2.44 bits per heavy atom. The maximum Gasteiger partial charge on any atom is 0.264 e. The Morgan fingerprint density at radius 2 is 1.83 bits per heavy atom. The molecule has 2 aromatic rings. The number of aromatic nitrogens is 2. The Labute approximate surface area is 110 Å². The number of pyridine rings is 2. The topological polar surface area (TPSA) is 63.2 Å². The quantitative estimate of drug-likeness (QED) is 0.808. The van der Waals surface area contributed by atoms with E-state index in [4.69, 9.17) is 11.6 Å². The Hall–Kier alpha value is -1.66. The molecule has 0 N–H and O–H groups in total. The fraction of sp³-hybridized carbons (Fsp3) is 0.0909. The Kier molecular flexibility index (Phi) is 3.49. The molecule has 2 heterocycles. The van der Waals surface area contributed by atoms with E-state index < -0.39 is 10.0 Å². The molecule has 0 atom stereocenters. The second kappa shape index (κ2) is 4.91. The van der Waals surface area contributed by atoms with Crippen LogP contribution < -0.4 is 4.31 Å². The van der Waals surface area contributed by atoms with Crippen LogP contribution in [0.1, 0.15) is 0 Å². The standard InChI is InChI=1S/C11H10ClN3O2S/c1-15(9-2-5-13-6-3-9)18(16,17)10-4-7-14-11(12)8-10/h2-8H,1H3. The molecule has 5 nitrogen and oxygen atoms in total. The summed E-state index contributed by atoms with van der Waals surface area (Å²) >= 11 is 5.70. The van der Waals surface area contributed by atoms with Gasteiger partial charge < -0.3 is 0 Å². The molecule has 0 spiro atoms. The zero-order chi connectivity index (χ0) is 13.2. The van der Waals surface area contributed by atoms with Gasteiger partial charge in [0, 0.05) is 25.6 Å². The van der Waals surface area contributed by atoms with Gasteiger partial charge in [-0.3, -0.25) is 9.29 Å². The van der Waals surface area contributed by atoms with Crippen molar-refractivity contribution in [1.29, 1.82) is 0 Å². The first-order valence-electron chi connectivity index (χ1n) is 5.02. The summed E-state index contributed by atoms with van der Waals surface area (Å²) in [6.07, 6.45) is 4.41. The van der Waals surface area contributed by atoms with Crippen LogP contribution in [-0.4, -0.2) is 25.4 Å². The molecule has 0 bridgehead atoms. The Bertz CT molecular complexity index is 646. The summed E-state index contributed by atoms with van der Waals surface area (Å²) in [6.45, 7) is 0. The van der Waals surface area contributed by atoms with Gasteiger partial charge in [0.1, 0.15) is 5.15 Å². The van der Waals surface area contributed by atoms with E-state index in [2.05, 4.69) is 9.97 Å². The molecule has 0 radical (unpaired) electrons. The van der Waals surface area contributed by atoms with Crippen molar-refractivity contribution in [3.05, 3.63) is 48.0 Å². The lowest BCUT2D eigenvalue weighted by molar-refractivity contribution is 0.594. The van der Waals surface area contributed by atoms with Crippen LogP contribution in [-0.2, 0) is 10.0 Å². The number of rotatable bonds is 3. The van der Waals surface area contributed by atoms with E-state index in [0.717, 1.165) is 0 Å². The normalized spacial score (nSPS) is 11.2. The summed E-state index contributed by atoms with van der Waals surface area (Å²) in [5.41, 5.74) is 0.526. The molecule has 7 heteroatoms. The molecule has 18 heavy (non-hydrogen) atoms. The molecule has 0 fully saturated rings. The lowest BCUT2D eigenvalue weighted by atomic mass is 10.4. The fourth-order valence-electron chi connectivity index (χ4n) is 1.40. The van der Waals surface area contributed by atoms with Gasteiger partial charge in [0.05, 0.1) is 10.6 Å². The highest BCUT2D eigenvalue weighted by Gasteiger charge is 2.21. The SMILES string of the molecule is CN(c1ccncc1)S(=O)(=O)c1ccnc(Cl)c1. The number of hydrogen-bond acceptors (Lipinski definition) is 4. The van der Waals surface area contributed by atoms with Gasteiger partial charge in [-0.2, -0.15) is 0 Å².